The van der Waals surface area contributed by atoms with Crippen LogP contribution < -0.4 is 5.32 Å². The van der Waals surface area contributed by atoms with Crippen molar-refractivity contribution in [2.75, 3.05) is 13.2 Å². The van der Waals surface area contributed by atoms with E-state index in [1.54, 1.807) is 0 Å². The molecule has 9 atom stereocenters. The fraction of sp³-hybridized carbons (Fsp3) is 0.847. The van der Waals surface area contributed by atoms with Crippen molar-refractivity contribution in [2.45, 2.75) is 306 Å². The van der Waals surface area contributed by atoms with E-state index in [0.29, 0.717) is 19.3 Å². The topological polar surface area (TPSA) is 189 Å². The average molecular weight is 993 g/mol. The van der Waals surface area contributed by atoms with Gasteiger partial charge in [0.15, 0.2) is 6.29 Å². The second kappa shape index (κ2) is 48.0. The zero-order valence-corrected chi connectivity index (χ0v) is 44.7. The Balaban J connectivity index is 2.35. The highest BCUT2D eigenvalue weighted by Crippen LogP contribution is 2.23. The second-order valence-electron chi connectivity index (χ2n) is 20.3. The number of aliphatic hydroxyl groups is 7. The first kappa shape index (κ1) is 66.1. The maximum absolute atomic E-state index is 13.1. The summed E-state index contributed by atoms with van der Waals surface area (Å²) in [5.74, 6) is -0.717. The van der Waals surface area contributed by atoms with Crippen molar-refractivity contribution < 1.29 is 50.0 Å². The van der Waals surface area contributed by atoms with Crippen LogP contribution >= 0.6 is 0 Å². The third-order valence-electron chi connectivity index (χ3n) is 13.8. The lowest BCUT2D eigenvalue weighted by Gasteiger charge is -2.40. The summed E-state index contributed by atoms with van der Waals surface area (Å²) >= 11 is 0. The molecule has 1 amide bonds. The molecule has 0 aliphatic carbocycles. The Bertz CT molecular complexity index is 1280. The number of hydrogen-bond donors (Lipinski definition) is 8. The highest BCUT2D eigenvalue weighted by molar-refractivity contribution is 5.80. The predicted molar refractivity (Wildman–Crippen MR) is 288 cm³/mol. The van der Waals surface area contributed by atoms with Crippen molar-refractivity contribution in [1.29, 1.82) is 0 Å². The van der Waals surface area contributed by atoms with Crippen molar-refractivity contribution in [1.82, 2.24) is 5.32 Å². The molecule has 0 bridgehead atoms. The minimum atomic E-state index is -1.67. The number of ether oxygens (including phenoxy) is 2. The Morgan fingerprint density at radius 2 is 0.857 bits per heavy atom. The quantitative estimate of drug-likeness (QED) is 0.0215. The van der Waals surface area contributed by atoms with E-state index >= 15 is 0 Å². The zero-order chi connectivity index (χ0) is 51.1. The molecule has 70 heavy (non-hydrogen) atoms. The van der Waals surface area contributed by atoms with Gasteiger partial charge in [-0.3, -0.25) is 4.79 Å². The van der Waals surface area contributed by atoms with E-state index in [2.05, 4.69) is 67.8 Å². The van der Waals surface area contributed by atoms with E-state index in [1.165, 1.54) is 141 Å². The molecule has 1 fully saturated rings. The summed E-state index contributed by atoms with van der Waals surface area (Å²) < 4.78 is 11.1. The zero-order valence-electron chi connectivity index (χ0n) is 44.7. The Morgan fingerprint density at radius 3 is 1.27 bits per heavy atom. The van der Waals surface area contributed by atoms with Crippen LogP contribution in [0.2, 0.25) is 0 Å². The molecule has 0 aromatic heterocycles. The molecule has 0 aromatic carbocycles. The molecule has 1 heterocycles. The van der Waals surface area contributed by atoms with Gasteiger partial charge in [0.25, 0.3) is 0 Å². The molecular formula is C59H109NO10. The van der Waals surface area contributed by atoms with Crippen LogP contribution in [0.1, 0.15) is 251 Å². The first-order valence-corrected chi connectivity index (χ1v) is 29.0. The van der Waals surface area contributed by atoms with Gasteiger partial charge in [-0.05, 0) is 89.9 Å². The molecule has 1 saturated heterocycles. The van der Waals surface area contributed by atoms with E-state index in [1.807, 2.05) is 0 Å². The molecule has 1 aliphatic heterocycles. The van der Waals surface area contributed by atoms with Crippen molar-refractivity contribution in [3.63, 3.8) is 0 Å². The third-order valence-corrected chi connectivity index (χ3v) is 13.8. The van der Waals surface area contributed by atoms with E-state index in [4.69, 9.17) is 9.47 Å². The fourth-order valence-corrected chi connectivity index (χ4v) is 9.06. The molecule has 8 N–H and O–H groups in total. The Morgan fingerprint density at radius 1 is 0.486 bits per heavy atom. The van der Waals surface area contributed by atoms with Crippen LogP contribution in [0, 0.1) is 0 Å². The van der Waals surface area contributed by atoms with Crippen LogP contribution in [0.4, 0.5) is 0 Å². The third kappa shape index (κ3) is 36.1. The first-order valence-electron chi connectivity index (χ1n) is 29.0. The van der Waals surface area contributed by atoms with Crippen LogP contribution in [0.25, 0.3) is 0 Å². The molecule has 0 spiro atoms. The van der Waals surface area contributed by atoms with Crippen LogP contribution in [0.15, 0.2) is 48.6 Å². The van der Waals surface area contributed by atoms with Gasteiger partial charge < -0.3 is 50.5 Å². The number of unbranched alkanes of at least 4 members (excludes halogenated alkanes) is 29. The van der Waals surface area contributed by atoms with E-state index in [-0.39, 0.29) is 12.8 Å². The van der Waals surface area contributed by atoms with Gasteiger partial charge in [0.1, 0.15) is 36.6 Å². The molecule has 11 nitrogen and oxygen atoms in total. The summed E-state index contributed by atoms with van der Waals surface area (Å²) in [5, 5.41) is 76.0. The SMILES string of the molecule is CCCCCCCC/C=C\CCCCCCCCC(O)C(=O)NC(COC1OC(CO)C(O)C(O)C1O)C(O)C(O)CCC/C=C/CC/C=C/CC/C=C/CCCCCCCCCCCCCCCC. The normalized spacial score (nSPS) is 20.6. The van der Waals surface area contributed by atoms with Crippen LogP contribution in [-0.4, -0.2) is 110 Å². The summed E-state index contributed by atoms with van der Waals surface area (Å²) in [6, 6.07) is -1.20. The number of nitrogens with one attached hydrogen (secondary N) is 1. The lowest BCUT2D eigenvalue weighted by Crippen LogP contribution is -2.60. The number of amides is 1. The van der Waals surface area contributed by atoms with E-state index in [0.717, 1.165) is 64.2 Å². The van der Waals surface area contributed by atoms with Crippen LogP contribution in [0.3, 0.4) is 0 Å². The van der Waals surface area contributed by atoms with Gasteiger partial charge >= 0.3 is 0 Å². The second-order valence-corrected chi connectivity index (χ2v) is 20.3. The van der Waals surface area contributed by atoms with Crippen molar-refractivity contribution in [2.24, 2.45) is 0 Å². The van der Waals surface area contributed by atoms with Gasteiger partial charge in [-0.25, -0.2) is 0 Å². The standard InChI is InChI=1S/C59H109NO10/c1-3-5-7-9-11-13-15-17-19-21-22-23-24-25-26-27-28-29-30-31-33-34-36-38-40-42-44-46-51(62)54(64)50(49-69-59-57(67)56(66)55(65)53(48-61)70-59)60-58(68)52(63)47-45-43-41-39-37-35-32-20-18-16-14-12-10-8-6-4-2/h18,20,27-28,31,33,38,40,50-57,59,61-67H,3-17,19,21-26,29-30,32,34-37,39,41-49H2,1-2H3,(H,60,68)/b20-18-,28-27+,33-31+,40-38+. The van der Waals surface area contributed by atoms with Gasteiger partial charge in [0.05, 0.1) is 25.4 Å². The van der Waals surface area contributed by atoms with E-state index < -0.39 is 74.2 Å². The molecular weight excluding hydrogens is 883 g/mol. The van der Waals surface area contributed by atoms with Crippen molar-refractivity contribution in [3.05, 3.63) is 48.6 Å². The summed E-state index contributed by atoms with van der Waals surface area (Å²) in [6.45, 7) is 3.44. The summed E-state index contributed by atoms with van der Waals surface area (Å²) in [5.41, 5.74) is 0. The summed E-state index contributed by atoms with van der Waals surface area (Å²) in [4.78, 5) is 13.1. The highest BCUT2D eigenvalue weighted by Gasteiger charge is 2.44. The predicted octanol–water partition coefficient (Wildman–Crippen LogP) is 12.1. The van der Waals surface area contributed by atoms with Crippen LogP contribution in [-0.2, 0) is 14.3 Å². The monoisotopic (exact) mass is 992 g/mol. The number of aliphatic hydroxyl groups excluding tert-OH is 7. The van der Waals surface area contributed by atoms with Gasteiger partial charge in [-0.1, -0.05) is 210 Å². The minimum absolute atomic E-state index is 0.239. The largest absolute Gasteiger partial charge is 0.394 e. The van der Waals surface area contributed by atoms with Gasteiger partial charge in [-0.2, -0.15) is 0 Å². The molecule has 410 valence electrons. The maximum Gasteiger partial charge on any atom is 0.249 e. The molecule has 1 aliphatic rings. The number of carbonyl (C=O) groups excluding carboxylic acids is 1. The van der Waals surface area contributed by atoms with Gasteiger partial charge in [0, 0.05) is 0 Å². The lowest BCUT2D eigenvalue weighted by atomic mass is 9.98. The fourth-order valence-electron chi connectivity index (χ4n) is 9.06. The molecule has 0 radical (unpaired) electrons. The first-order chi connectivity index (χ1) is 34.2. The van der Waals surface area contributed by atoms with Crippen molar-refractivity contribution in [3.8, 4) is 0 Å². The molecule has 0 saturated carbocycles. The molecule has 9 unspecified atom stereocenters. The van der Waals surface area contributed by atoms with Crippen LogP contribution in [0.5, 0.6) is 0 Å². The van der Waals surface area contributed by atoms with Gasteiger partial charge in [0.2, 0.25) is 5.91 Å². The number of carbonyl (C=O) groups is 1. The number of rotatable bonds is 49. The highest BCUT2D eigenvalue weighted by atomic mass is 16.7. The number of hydrogen-bond acceptors (Lipinski definition) is 10. The molecule has 0 aromatic rings. The Hall–Kier alpha value is -1.93. The number of allylic oxidation sites excluding steroid dienone is 8. The van der Waals surface area contributed by atoms with Gasteiger partial charge in [-0.15, -0.1) is 0 Å². The maximum atomic E-state index is 13.1. The molecule has 11 heteroatoms. The van der Waals surface area contributed by atoms with Crippen molar-refractivity contribution >= 4 is 5.91 Å². The Kier molecular flexibility index (Phi) is 45.3. The minimum Gasteiger partial charge on any atom is -0.394 e. The van der Waals surface area contributed by atoms with E-state index in [9.17, 15) is 40.5 Å². The average Bonchev–Trinajstić information content (AvgIpc) is 3.36. The summed E-state index contributed by atoms with van der Waals surface area (Å²) in [6.07, 6.45) is 48.9. The smallest absolute Gasteiger partial charge is 0.249 e. The Labute approximate surface area is 428 Å². The lowest BCUT2D eigenvalue weighted by molar-refractivity contribution is -0.303. The molecule has 1 rings (SSSR count). The summed E-state index contributed by atoms with van der Waals surface area (Å²) in [7, 11) is 0.